The van der Waals surface area contributed by atoms with Crippen LogP contribution in [-0.4, -0.2) is 20.2 Å². The van der Waals surface area contributed by atoms with Gasteiger partial charge in [0.1, 0.15) is 17.2 Å². The van der Waals surface area contributed by atoms with Crippen LogP contribution in [0.2, 0.25) is 5.02 Å². The average Bonchev–Trinajstić information content (AvgIpc) is 2.62. The fourth-order valence-corrected chi connectivity index (χ4v) is 1.08. The Balaban J connectivity index is 2.59. The molecule has 0 saturated carbocycles. The number of halogens is 2. The molecule has 2 rings (SSSR count). The van der Waals surface area contributed by atoms with Crippen LogP contribution in [0.5, 0.6) is 0 Å². The van der Waals surface area contributed by atoms with E-state index in [2.05, 4.69) is 21.6 Å². The molecular formula is C7H3ClFN4. The number of nitrogens with zero attached hydrogens (tertiary/aromatic N) is 4. The van der Waals surface area contributed by atoms with Crippen molar-refractivity contribution in [1.82, 2.24) is 20.2 Å². The summed E-state index contributed by atoms with van der Waals surface area (Å²) in [6.07, 6.45) is 1.33. The van der Waals surface area contributed by atoms with Gasteiger partial charge in [0, 0.05) is 0 Å². The van der Waals surface area contributed by atoms with Gasteiger partial charge >= 0.3 is 0 Å². The molecule has 0 fully saturated rings. The SMILES string of the molecule is Fc1c[c]cc(-n2cnnn2)c1Cl. The Labute approximate surface area is 77.9 Å². The molecule has 0 saturated heterocycles. The van der Waals surface area contributed by atoms with Crippen LogP contribution in [0.1, 0.15) is 0 Å². The summed E-state index contributed by atoms with van der Waals surface area (Å²) in [6, 6.07) is 5.23. The summed E-state index contributed by atoms with van der Waals surface area (Å²) >= 11 is 5.67. The van der Waals surface area contributed by atoms with Crippen molar-refractivity contribution in [3.63, 3.8) is 0 Å². The lowest BCUT2D eigenvalue weighted by molar-refractivity contribution is 0.625. The molecule has 1 aromatic heterocycles. The van der Waals surface area contributed by atoms with E-state index in [-0.39, 0.29) is 5.02 Å². The molecule has 0 N–H and O–H groups in total. The molecule has 0 amide bonds. The van der Waals surface area contributed by atoms with Gasteiger partial charge in [0.2, 0.25) is 0 Å². The van der Waals surface area contributed by atoms with Gasteiger partial charge in [0.25, 0.3) is 0 Å². The third-order valence-electron chi connectivity index (χ3n) is 1.46. The van der Waals surface area contributed by atoms with Gasteiger partial charge in [-0.3, -0.25) is 0 Å². The van der Waals surface area contributed by atoms with Crippen LogP contribution in [0.15, 0.2) is 18.5 Å². The molecule has 1 radical (unpaired) electrons. The minimum absolute atomic E-state index is 0.0222. The van der Waals surface area contributed by atoms with Gasteiger partial charge < -0.3 is 0 Å². The topological polar surface area (TPSA) is 43.6 Å². The number of tetrazole rings is 1. The lowest BCUT2D eigenvalue weighted by Gasteiger charge is -2.01. The van der Waals surface area contributed by atoms with E-state index in [9.17, 15) is 4.39 Å². The fraction of sp³-hybridized carbons (Fsp3) is 0. The number of hydrogen-bond acceptors (Lipinski definition) is 3. The third kappa shape index (κ3) is 1.38. The highest BCUT2D eigenvalue weighted by atomic mass is 35.5. The van der Waals surface area contributed by atoms with Crippen LogP contribution in [0, 0.1) is 11.9 Å². The zero-order chi connectivity index (χ0) is 9.26. The standard InChI is InChI=1S/C7H3ClFN4/c8-7-5(9)2-1-3-6(7)13-4-10-11-12-13/h2-4H. The zero-order valence-corrected chi connectivity index (χ0v) is 7.03. The van der Waals surface area contributed by atoms with E-state index in [1.54, 1.807) is 0 Å². The van der Waals surface area contributed by atoms with E-state index in [4.69, 9.17) is 11.6 Å². The van der Waals surface area contributed by atoms with Crippen molar-refractivity contribution in [1.29, 1.82) is 0 Å². The molecule has 1 heterocycles. The largest absolute Gasteiger partial charge is 0.205 e. The molecule has 13 heavy (non-hydrogen) atoms. The first kappa shape index (κ1) is 8.12. The van der Waals surface area contributed by atoms with Crippen LogP contribution in [0.3, 0.4) is 0 Å². The molecule has 1 aromatic carbocycles. The van der Waals surface area contributed by atoms with E-state index in [0.717, 1.165) is 6.07 Å². The maximum Gasteiger partial charge on any atom is 0.144 e. The maximum absolute atomic E-state index is 12.9. The highest BCUT2D eigenvalue weighted by molar-refractivity contribution is 6.32. The number of benzene rings is 1. The minimum Gasteiger partial charge on any atom is -0.205 e. The number of aromatic nitrogens is 4. The number of rotatable bonds is 1. The fourth-order valence-electron chi connectivity index (χ4n) is 0.881. The van der Waals surface area contributed by atoms with Gasteiger partial charge in [-0.25, -0.2) is 4.39 Å². The highest BCUT2D eigenvalue weighted by Crippen LogP contribution is 2.21. The molecule has 0 unspecified atom stereocenters. The van der Waals surface area contributed by atoms with Crippen LogP contribution in [-0.2, 0) is 0 Å². The maximum atomic E-state index is 12.9. The zero-order valence-electron chi connectivity index (χ0n) is 6.28. The monoisotopic (exact) mass is 197 g/mol. The molecule has 0 aliphatic carbocycles. The summed E-state index contributed by atoms with van der Waals surface area (Å²) in [4.78, 5) is 0. The smallest absolute Gasteiger partial charge is 0.144 e. The summed E-state index contributed by atoms with van der Waals surface area (Å²) in [5, 5.41) is 10.4. The van der Waals surface area contributed by atoms with E-state index in [1.807, 2.05) is 0 Å². The van der Waals surface area contributed by atoms with Gasteiger partial charge in [0.15, 0.2) is 0 Å². The molecular weight excluding hydrogens is 195 g/mol. The molecule has 4 nitrogen and oxygen atoms in total. The third-order valence-corrected chi connectivity index (χ3v) is 1.83. The summed E-state index contributed by atoms with van der Waals surface area (Å²) in [7, 11) is 0. The first-order valence-electron chi connectivity index (χ1n) is 3.37. The predicted octanol–water partition coefficient (Wildman–Crippen LogP) is 1.25. The molecule has 0 spiro atoms. The Morgan fingerprint density at radius 2 is 2.31 bits per heavy atom. The molecule has 0 atom stereocenters. The van der Waals surface area contributed by atoms with Crippen molar-refractivity contribution in [2.24, 2.45) is 0 Å². The van der Waals surface area contributed by atoms with E-state index < -0.39 is 5.82 Å². The summed E-state index contributed by atoms with van der Waals surface area (Å²) in [5.74, 6) is -0.547. The second-order valence-electron chi connectivity index (χ2n) is 2.26. The van der Waals surface area contributed by atoms with E-state index in [1.165, 1.54) is 17.1 Å². The van der Waals surface area contributed by atoms with Crippen molar-refractivity contribution >= 4 is 11.6 Å². The number of hydrogen-bond donors (Lipinski definition) is 0. The van der Waals surface area contributed by atoms with Crippen molar-refractivity contribution in [2.75, 3.05) is 0 Å². The lowest BCUT2D eigenvalue weighted by atomic mass is 10.3. The van der Waals surface area contributed by atoms with Crippen LogP contribution >= 0.6 is 11.6 Å². The lowest BCUT2D eigenvalue weighted by Crippen LogP contribution is -1.97. The van der Waals surface area contributed by atoms with Crippen molar-refractivity contribution in [2.45, 2.75) is 0 Å². The molecule has 2 aromatic rings. The van der Waals surface area contributed by atoms with E-state index >= 15 is 0 Å². The van der Waals surface area contributed by atoms with Crippen molar-refractivity contribution < 1.29 is 4.39 Å². The Morgan fingerprint density at radius 1 is 1.46 bits per heavy atom. The summed E-state index contributed by atoms with van der Waals surface area (Å²) < 4.78 is 14.2. The van der Waals surface area contributed by atoms with Gasteiger partial charge in [-0.1, -0.05) is 11.6 Å². The quantitative estimate of drug-likeness (QED) is 0.691. The Hall–Kier alpha value is -1.49. The second-order valence-corrected chi connectivity index (χ2v) is 2.63. The summed E-state index contributed by atoms with van der Waals surface area (Å²) in [6.45, 7) is 0. The highest BCUT2D eigenvalue weighted by Gasteiger charge is 2.07. The molecule has 6 heteroatoms. The van der Waals surface area contributed by atoms with Gasteiger partial charge in [0.05, 0.1) is 5.69 Å². The van der Waals surface area contributed by atoms with Gasteiger partial charge in [-0.2, -0.15) is 4.68 Å². The van der Waals surface area contributed by atoms with Crippen LogP contribution < -0.4 is 0 Å². The normalized spacial score (nSPS) is 10.3. The molecule has 0 aliphatic heterocycles. The molecule has 0 bridgehead atoms. The van der Waals surface area contributed by atoms with Crippen LogP contribution in [0.4, 0.5) is 4.39 Å². The average molecular weight is 198 g/mol. The summed E-state index contributed by atoms with van der Waals surface area (Å²) in [5.41, 5.74) is 0.367. The van der Waals surface area contributed by atoms with E-state index in [0.29, 0.717) is 5.69 Å². The van der Waals surface area contributed by atoms with Crippen LogP contribution in [0.25, 0.3) is 5.69 Å². The Morgan fingerprint density at radius 3 is 3.00 bits per heavy atom. The van der Waals surface area contributed by atoms with Crippen molar-refractivity contribution in [3.8, 4) is 5.69 Å². The second kappa shape index (κ2) is 3.10. The molecule has 65 valence electrons. The first-order chi connectivity index (χ1) is 6.29. The predicted molar refractivity (Wildman–Crippen MR) is 43.0 cm³/mol. The van der Waals surface area contributed by atoms with Gasteiger partial charge in [-0.15, -0.1) is 5.10 Å². The Bertz CT molecular complexity index is 414. The first-order valence-corrected chi connectivity index (χ1v) is 3.75. The minimum atomic E-state index is -0.547. The van der Waals surface area contributed by atoms with Gasteiger partial charge in [-0.05, 0) is 28.6 Å². The van der Waals surface area contributed by atoms with Crippen molar-refractivity contribution in [3.05, 3.63) is 35.4 Å². The molecule has 0 aliphatic rings. The Kier molecular flexibility index (Phi) is 1.94.